The fourth-order valence-electron chi connectivity index (χ4n) is 4.80. The van der Waals surface area contributed by atoms with E-state index in [0.717, 1.165) is 21.2 Å². The Labute approximate surface area is 211 Å². The molecule has 2 unspecified atom stereocenters. The fraction of sp³-hybridized carbons (Fsp3) is 0.172. The number of rotatable bonds is 4. The maximum absolute atomic E-state index is 13.8. The molecular weight excluding hydrogens is 504 g/mol. The molecule has 4 aromatic rings. The molecule has 0 bridgehead atoms. The van der Waals surface area contributed by atoms with E-state index in [9.17, 15) is 14.4 Å². The Morgan fingerprint density at radius 3 is 2.34 bits per heavy atom. The van der Waals surface area contributed by atoms with Crippen LogP contribution in [0.15, 0.2) is 88.1 Å². The van der Waals surface area contributed by atoms with Crippen LogP contribution < -0.4 is 5.56 Å². The minimum atomic E-state index is -0.904. The van der Waals surface area contributed by atoms with Crippen molar-refractivity contribution in [3.8, 4) is 5.69 Å². The lowest BCUT2D eigenvalue weighted by atomic mass is 9.74. The number of para-hydroxylation sites is 1. The Morgan fingerprint density at radius 1 is 0.971 bits per heavy atom. The Hall–Kier alpha value is -3.64. The summed E-state index contributed by atoms with van der Waals surface area (Å²) in [6.45, 7) is 3.44. The zero-order valence-electron chi connectivity index (χ0n) is 19.4. The Bertz CT molecular complexity index is 1550. The third-order valence-corrected chi connectivity index (χ3v) is 7.07. The van der Waals surface area contributed by atoms with Crippen LogP contribution in [-0.4, -0.2) is 21.1 Å². The van der Waals surface area contributed by atoms with Crippen molar-refractivity contribution in [3.05, 3.63) is 111 Å². The molecule has 1 aliphatic carbocycles. The molecular formula is C29H23BrN2O3. The van der Waals surface area contributed by atoms with Gasteiger partial charge in [-0.25, -0.2) is 4.98 Å². The molecule has 5 rings (SSSR count). The van der Waals surface area contributed by atoms with E-state index < -0.39 is 11.8 Å². The number of carbonyl (C=O) groups excluding carboxylic acids is 2. The third-order valence-electron chi connectivity index (χ3n) is 6.54. The number of aryl methyl sites for hydroxylation is 1. The molecule has 0 fully saturated rings. The van der Waals surface area contributed by atoms with E-state index >= 15 is 0 Å². The van der Waals surface area contributed by atoms with Crippen LogP contribution in [0, 0.1) is 12.8 Å². The molecule has 0 saturated heterocycles. The highest BCUT2D eigenvalue weighted by Gasteiger charge is 2.39. The predicted octanol–water partition coefficient (Wildman–Crippen LogP) is 5.80. The number of aromatic nitrogens is 2. The number of allylic oxidation sites excluding steroid dienone is 2. The predicted molar refractivity (Wildman–Crippen MR) is 141 cm³/mol. The van der Waals surface area contributed by atoms with Crippen molar-refractivity contribution in [2.75, 3.05) is 0 Å². The number of Topliss-reactive ketones (excluding diaryl/α,β-unsaturated/α-hetero) is 1. The summed E-state index contributed by atoms with van der Waals surface area (Å²) in [5, 5.41) is 0.481. The van der Waals surface area contributed by atoms with E-state index in [2.05, 4.69) is 15.9 Å². The number of ketones is 2. The first-order chi connectivity index (χ1) is 16.8. The van der Waals surface area contributed by atoms with Crippen LogP contribution in [0.2, 0.25) is 0 Å². The van der Waals surface area contributed by atoms with E-state index in [1.807, 2.05) is 61.5 Å². The normalized spacial score (nSPS) is 17.9. The van der Waals surface area contributed by atoms with Crippen LogP contribution in [-0.2, 0) is 9.59 Å². The van der Waals surface area contributed by atoms with Gasteiger partial charge in [-0.15, -0.1) is 0 Å². The highest BCUT2D eigenvalue weighted by molar-refractivity contribution is 9.10. The van der Waals surface area contributed by atoms with Crippen molar-refractivity contribution < 1.29 is 9.59 Å². The summed E-state index contributed by atoms with van der Waals surface area (Å²) in [5.41, 5.74) is 3.83. The molecule has 0 aliphatic heterocycles. The maximum atomic E-state index is 13.8. The lowest BCUT2D eigenvalue weighted by Crippen LogP contribution is -2.35. The number of halogens is 1. The van der Waals surface area contributed by atoms with E-state index in [1.165, 1.54) is 6.92 Å². The monoisotopic (exact) mass is 526 g/mol. The Kier molecular flexibility index (Phi) is 6.07. The van der Waals surface area contributed by atoms with Gasteiger partial charge in [-0.05, 0) is 73.9 Å². The van der Waals surface area contributed by atoms with Gasteiger partial charge in [0, 0.05) is 10.4 Å². The van der Waals surface area contributed by atoms with Crippen molar-refractivity contribution in [3.63, 3.8) is 0 Å². The first kappa shape index (κ1) is 23.1. The van der Waals surface area contributed by atoms with Crippen LogP contribution in [0.1, 0.15) is 36.2 Å². The van der Waals surface area contributed by atoms with E-state index in [0.29, 0.717) is 28.8 Å². The smallest absolute Gasteiger partial charge is 0.265 e. The van der Waals surface area contributed by atoms with Crippen molar-refractivity contribution in [2.45, 2.75) is 26.2 Å². The van der Waals surface area contributed by atoms with E-state index in [1.54, 1.807) is 28.8 Å². The van der Waals surface area contributed by atoms with E-state index in [-0.39, 0.29) is 17.1 Å². The number of fused-ring (bicyclic) bond motifs is 1. The van der Waals surface area contributed by atoms with Crippen molar-refractivity contribution in [1.82, 2.24) is 9.55 Å². The van der Waals surface area contributed by atoms with Gasteiger partial charge in [0.15, 0.2) is 5.78 Å². The minimum Gasteiger partial charge on any atom is -0.299 e. The minimum absolute atomic E-state index is 0.228. The molecule has 0 amide bonds. The zero-order chi connectivity index (χ0) is 24.7. The summed E-state index contributed by atoms with van der Waals surface area (Å²) in [5.74, 6) is -1.55. The molecule has 0 spiro atoms. The van der Waals surface area contributed by atoms with Gasteiger partial charge in [-0.2, -0.15) is 0 Å². The van der Waals surface area contributed by atoms with Gasteiger partial charge in [0.2, 0.25) is 0 Å². The topological polar surface area (TPSA) is 69.0 Å². The summed E-state index contributed by atoms with van der Waals surface area (Å²) in [6, 6.07) is 22.5. The molecule has 174 valence electrons. The molecule has 1 heterocycles. The summed E-state index contributed by atoms with van der Waals surface area (Å²) in [7, 11) is 0. The molecule has 5 nitrogen and oxygen atoms in total. The summed E-state index contributed by atoms with van der Waals surface area (Å²) in [6.07, 6.45) is 2.00. The molecule has 1 aliphatic rings. The third kappa shape index (κ3) is 4.30. The zero-order valence-corrected chi connectivity index (χ0v) is 21.0. The van der Waals surface area contributed by atoms with Crippen molar-refractivity contribution in [1.29, 1.82) is 0 Å². The number of hydrogen-bond acceptors (Lipinski definition) is 4. The molecule has 0 N–H and O–H groups in total. The molecule has 35 heavy (non-hydrogen) atoms. The van der Waals surface area contributed by atoms with Gasteiger partial charge in [0.05, 0.1) is 22.5 Å². The maximum Gasteiger partial charge on any atom is 0.265 e. The second-order valence-electron chi connectivity index (χ2n) is 8.94. The molecule has 6 heteroatoms. The van der Waals surface area contributed by atoms with Gasteiger partial charge in [-0.1, -0.05) is 57.9 Å². The highest BCUT2D eigenvalue weighted by atomic mass is 79.9. The molecule has 0 radical (unpaired) electrons. The van der Waals surface area contributed by atoms with Crippen LogP contribution in [0.25, 0.3) is 22.2 Å². The SMILES string of the molecule is CC(=O)C1C(=O)C=C(c2ccc(C)cc2)CC1c1nc2ccccc2c(=O)n1-c1ccc(Br)cc1. The molecule has 1 aromatic heterocycles. The summed E-state index contributed by atoms with van der Waals surface area (Å²) in [4.78, 5) is 44.7. The lowest BCUT2D eigenvalue weighted by Gasteiger charge is -2.30. The van der Waals surface area contributed by atoms with Gasteiger partial charge in [0.25, 0.3) is 5.56 Å². The number of nitrogens with zero attached hydrogens (tertiary/aromatic N) is 2. The van der Waals surface area contributed by atoms with Crippen LogP contribution in [0.3, 0.4) is 0 Å². The van der Waals surface area contributed by atoms with Gasteiger partial charge < -0.3 is 0 Å². The number of benzene rings is 3. The fourth-order valence-corrected chi connectivity index (χ4v) is 5.07. The van der Waals surface area contributed by atoms with E-state index in [4.69, 9.17) is 4.98 Å². The first-order valence-corrected chi connectivity index (χ1v) is 12.2. The summed E-state index contributed by atoms with van der Waals surface area (Å²) < 4.78 is 2.43. The lowest BCUT2D eigenvalue weighted by molar-refractivity contribution is -0.130. The Balaban J connectivity index is 1.76. The van der Waals surface area contributed by atoms with Crippen LogP contribution in [0.5, 0.6) is 0 Å². The molecule has 0 saturated carbocycles. The van der Waals surface area contributed by atoms with Crippen molar-refractivity contribution >= 4 is 44.0 Å². The van der Waals surface area contributed by atoms with Gasteiger partial charge in [-0.3, -0.25) is 19.0 Å². The number of hydrogen-bond donors (Lipinski definition) is 0. The van der Waals surface area contributed by atoms with Crippen LogP contribution >= 0.6 is 15.9 Å². The molecule has 3 aromatic carbocycles. The highest BCUT2D eigenvalue weighted by Crippen LogP contribution is 2.40. The van der Waals surface area contributed by atoms with Crippen LogP contribution in [0.4, 0.5) is 0 Å². The number of carbonyl (C=O) groups is 2. The second kappa shape index (κ2) is 9.19. The average molecular weight is 527 g/mol. The van der Waals surface area contributed by atoms with Gasteiger partial charge in [0.1, 0.15) is 11.6 Å². The molecule has 2 atom stereocenters. The quantitative estimate of drug-likeness (QED) is 0.315. The summed E-state index contributed by atoms with van der Waals surface area (Å²) >= 11 is 3.45. The largest absolute Gasteiger partial charge is 0.299 e. The standard InChI is InChI=1S/C29H23BrN2O3/c1-17-7-9-19(10-8-17)20-15-24(27(18(2)33)26(34)16-20)28-31-25-6-4-3-5-23(25)29(35)32(28)22-13-11-21(30)12-14-22/h3-14,16,24,27H,15H2,1-2H3. The Morgan fingerprint density at radius 2 is 1.66 bits per heavy atom. The average Bonchev–Trinajstić information content (AvgIpc) is 2.84. The first-order valence-electron chi connectivity index (χ1n) is 11.4. The second-order valence-corrected chi connectivity index (χ2v) is 9.86. The van der Waals surface area contributed by atoms with Gasteiger partial charge >= 0.3 is 0 Å². The van der Waals surface area contributed by atoms with Crippen molar-refractivity contribution in [2.24, 2.45) is 5.92 Å².